The van der Waals surface area contributed by atoms with Crippen molar-refractivity contribution >= 4 is 38.2 Å². The Labute approximate surface area is 161 Å². The molecule has 4 aromatic rings. The van der Waals surface area contributed by atoms with Crippen molar-refractivity contribution < 1.29 is 14.5 Å². The minimum atomic E-state index is -0.632. The first-order valence-electron chi connectivity index (χ1n) is 8.31. The number of esters is 1. The van der Waals surface area contributed by atoms with E-state index in [1.807, 2.05) is 24.3 Å². The van der Waals surface area contributed by atoms with Gasteiger partial charge < -0.3 is 4.74 Å². The van der Waals surface area contributed by atoms with Gasteiger partial charge in [0.2, 0.25) is 0 Å². The van der Waals surface area contributed by atoms with Crippen LogP contribution in [-0.4, -0.2) is 20.3 Å². The molecule has 140 valence electrons. The number of nitro groups is 1. The summed E-state index contributed by atoms with van der Waals surface area (Å²) in [5, 5.41) is 11.0. The van der Waals surface area contributed by atoms with Gasteiger partial charge in [0, 0.05) is 17.7 Å². The number of nitrogens with zero attached hydrogens (tertiary/aromatic N) is 3. The molecule has 28 heavy (non-hydrogen) atoms. The van der Waals surface area contributed by atoms with Crippen molar-refractivity contribution in [2.45, 2.75) is 13.0 Å². The maximum absolute atomic E-state index is 12.4. The number of benzene rings is 2. The van der Waals surface area contributed by atoms with E-state index in [2.05, 4.69) is 4.98 Å². The fourth-order valence-corrected chi connectivity index (χ4v) is 3.95. The molecule has 2 aromatic carbocycles. The number of ether oxygens (including phenoxy) is 1. The van der Waals surface area contributed by atoms with E-state index >= 15 is 0 Å². The third-order valence-electron chi connectivity index (χ3n) is 4.15. The Balaban J connectivity index is 1.53. The molecule has 8 nitrogen and oxygen atoms in total. The van der Waals surface area contributed by atoms with E-state index in [9.17, 15) is 19.7 Å². The lowest BCUT2D eigenvalue weighted by molar-refractivity contribution is -0.385. The van der Waals surface area contributed by atoms with Gasteiger partial charge in [-0.15, -0.1) is 0 Å². The molecule has 0 unspecified atom stereocenters. The molecule has 0 atom stereocenters. The second-order valence-corrected chi connectivity index (χ2v) is 7.01. The molecule has 9 heteroatoms. The molecule has 0 radical (unpaired) electrons. The molecule has 0 aliphatic rings. The summed E-state index contributed by atoms with van der Waals surface area (Å²) in [5.41, 5.74) is 0.979. The Morgan fingerprint density at radius 1 is 1.18 bits per heavy atom. The number of rotatable bonds is 5. The van der Waals surface area contributed by atoms with E-state index in [0.29, 0.717) is 10.7 Å². The topological polar surface area (TPSA) is 104 Å². The minimum absolute atomic E-state index is 0.137. The van der Waals surface area contributed by atoms with E-state index < -0.39 is 10.9 Å². The predicted molar refractivity (Wildman–Crippen MR) is 103 cm³/mol. The SMILES string of the molecule is O=C(Cc1ccccc1[N+](=O)[O-])OCc1cc(=O)n2c(n1)sc1ccccc12. The zero-order valence-electron chi connectivity index (χ0n) is 14.4. The van der Waals surface area contributed by atoms with Crippen LogP contribution >= 0.6 is 11.3 Å². The Kier molecular flexibility index (Phi) is 4.58. The van der Waals surface area contributed by atoms with Crippen LogP contribution in [0.3, 0.4) is 0 Å². The Morgan fingerprint density at radius 2 is 1.93 bits per heavy atom. The summed E-state index contributed by atoms with van der Waals surface area (Å²) in [6.07, 6.45) is -0.235. The van der Waals surface area contributed by atoms with Crippen LogP contribution in [0.2, 0.25) is 0 Å². The monoisotopic (exact) mass is 395 g/mol. The first kappa shape index (κ1) is 17.8. The number of hydrogen-bond acceptors (Lipinski definition) is 7. The average Bonchev–Trinajstić information content (AvgIpc) is 3.05. The van der Waals surface area contributed by atoms with Gasteiger partial charge in [0.15, 0.2) is 4.96 Å². The molecule has 0 N–H and O–H groups in total. The van der Waals surface area contributed by atoms with Crippen molar-refractivity contribution in [3.05, 3.63) is 86.3 Å². The van der Waals surface area contributed by atoms with Crippen molar-refractivity contribution in [2.24, 2.45) is 0 Å². The molecule has 0 saturated heterocycles. The Morgan fingerprint density at radius 3 is 2.75 bits per heavy atom. The molecular formula is C19H13N3O5S. The van der Waals surface area contributed by atoms with Crippen LogP contribution in [0.1, 0.15) is 11.3 Å². The Bertz CT molecular complexity index is 1280. The van der Waals surface area contributed by atoms with Crippen LogP contribution < -0.4 is 5.56 Å². The molecular weight excluding hydrogens is 382 g/mol. The lowest BCUT2D eigenvalue weighted by atomic mass is 10.1. The highest BCUT2D eigenvalue weighted by atomic mass is 32.1. The quantitative estimate of drug-likeness (QED) is 0.292. The molecule has 0 amide bonds. The first-order chi connectivity index (χ1) is 13.5. The number of thiazole rings is 1. The number of para-hydroxylation sites is 2. The maximum atomic E-state index is 12.4. The predicted octanol–water partition coefficient (Wildman–Crippen LogP) is 3.10. The summed E-state index contributed by atoms with van der Waals surface area (Å²) in [5.74, 6) is -0.632. The van der Waals surface area contributed by atoms with E-state index in [1.165, 1.54) is 40.0 Å². The zero-order chi connectivity index (χ0) is 19.7. The van der Waals surface area contributed by atoms with Gasteiger partial charge in [-0.25, -0.2) is 4.98 Å². The minimum Gasteiger partial charge on any atom is -0.459 e. The maximum Gasteiger partial charge on any atom is 0.310 e. The summed E-state index contributed by atoms with van der Waals surface area (Å²) >= 11 is 1.37. The number of carbonyl (C=O) groups is 1. The molecule has 0 saturated carbocycles. The molecule has 0 bridgehead atoms. The van der Waals surface area contributed by atoms with Crippen LogP contribution in [-0.2, 0) is 22.6 Å². The number of aromatic nitrogens is 2. The van der Waals surface area contributed by atoms with Gasteiger partial charge >= 0.3 is 5.97 Å². The van der Waals surface area contributed by atoms with Crippen molar-refractivity contribution in [1.82, 2.24) is 9.38 Å². The summed E-state index contributed by atoms with van der Waals surface area (Å²) in [4.78, 5) is 39.9. The fraction of sp³-hybridized carbons (Fsp3) is 0.105. The highest BCUT2D eigenvalue weighted by molar-refractivity contribution is 7.23. The smallest absolute Gasteiger partial charge is 0.310 e. The largest absolute Gasteiger partial charge is 0.459 e. The average molecular weight is 395 g/mol. The molecule has 2 heterocycles. The van der Waals surface area contributed by atoms with Crippen molar-refractivity contribution in [1.29, 1.82) is 0 Å². The standard InChI is InChI=1S/C19H13N3O5S/c23-17-10-13(20-19-21(17)15-7-3-4-8-16(15)28-19)11-27-18(24)9-12-5-1-2-6-14(12)22(25)26/h1-8,10H,9,11H2. The van der Waals surface area contributed by atoms with Crippen LogP contribution in [0.4, 0.5) is 5.69 Å². The first-order valence-corrected chi connectivity index (χ1v) is 9.13. The van der Waals surface area contributed by atoms with Gasteiger partial charge in [-0.05, 0) is 12.1 Å². The molecule has 0 aliphatic carbocycles. The van der Waals surface area contributed by atoms with Gasteiger partial charge in [0.1, 0.15) is 6.61 Å². The summed E-state index contributed by atoms with van der Waals surface area (Å²) in [7, 11) is 0. The van der Waals surface area contributed by atoms with Crippen LogP contribution in [0, 0.1) is 10.1 Å². The second kappa shape index (κ2) is 7.20. The third kappa shape index (κ3) is 3.35. The van der Waals surface area contributed by atoms with E-state index in [0.717, 1.165) is 10.2 Å². The number of nitro benzene ring substituents is 1. The Hall–Kier alpha value is -3.59. The van der Waals surface area contributed by atoms with E-state index in [4.69, 9.17) is 4.74 Å². The lowest BCUT2D eigenvalue weighted by Gasteiger charge is -2.05. The van der Waals surface area contributed by atoms with Crippen LogP contribution in [0.25, 0.3) is 15.2 Å². The third-order valence-corrected chi connectivity index (χ3v) is 5.17. The summed E-state index contributed by atoms with van der Waals surface area (Å²) < 4.78 is 7.62. The molecule has 0 fully saturated rings. The normalized spacial score (nSPS) is 11.0. The van der Waals surface area contributed by atoms with Crippen LogP contribution in [0.5, 0.6) is 0 Å². The molecule has 0 aliphatic heterocycles. The van der Waals surface area contributed by atoms with E-state index in [1.54, 1.807) is 6.07 Å². The molecule has 4 rings (SSSR count). The lowest BCUT2D eigenvalue weighted by Crippen LogP contribution is -2.16. The summed E-state index contributed by atoms with van der Waals surface area (Å²) in [6.45, 7) is -0.181. The van der Waals surface area contributed by atoms with Gasteiger partial charge in [0.25, 0.3) is 11.2 Å². The van der Waals surface area contributed by atoms with Crippen molar-refractivity contribution in [3.8, 4) is 0 Å². The van der Waals surface area contributed by atoms with Crippen molar-refractivity contribution in [2.75, 3.05) is 0 Å². The fourth-order valence-electron chi connectivity index (χ4n) is 2.90. The highest BCUT2D eigenvalue weighted by Crippen LogP contribution is 2.23. The molecule has 0 spiro atoms. The van der Waals surface area contributed by atoms with Gasteiger partial charge in [-0.1, -0.05) is 41.7 Å². The van der Waals surface area contributed by atoms with Crippen LogP contribution in [0.15, 0.2) is 59.4 Å². The van der Waals surface area contributed by atoms with Gasteiger partial charge in [0.05, 0.1) is 27.3 Å². The highest BCUT2D eigenvalue weighted by Gasteiger charge is 2.17. The zero-order valence-corrected chi connectivity index (χ0v) is 15.2. The number of hydrogen-bond donors (Lipinski definition) is 0. The van der Waals surface area contributed by atoms with E-state index in [-0.39, 0.29) is 29.8 Å². The summed E-state index contributed by atoms with van der Waals surface area (Å²) in [6, 6.07) is 14.8. The van der Waals surface area contributed by atoms with Gasteiger partial charge in [-0.3, -0.25) is 24.1 Å². The van der Waals surface area contributed by atoms with Gasteiger partial charge in [-0.2, -0.15) is 0 Å². The number of carbonyl (C=O) groups excluding carboxylic acids is 1. The molecule has 2 aromatic heterocycles. The second-order valence-electron chi connectivity index (χ2n) is 6.00. The van der Waals surface area contributed by atoms with Crippen molar-refractivity contribution in [3.63, 3.8) is 0 Å². The number of fused-ring (bicyclic) bond motifs is 3.